The minimum Gasteiger partial charge on any atom is -0.395 e. The maximum absolute atomic E-state index is 13.1. The van der Waals surface area contributed by atoms with E-state index in [2.05, 4.69) is 4.98 Å². The average molecular weight is 295 g/mol. The van der Waals surface area contributed by atoms with Gasteiger partial charge in [-0.05, 0) is 35.7 Å². The van der Waals surface area contributed by atoms with E-state index in [0.29, 0.717) is 11.4 Å². The van der Waals surface area contributed by atoms with Crippen LogP contribution in [0.25, 0.3) is 0 Å². The van der Waals surface area contributed by atoms with Gasteiger partial charge in [0.1, 0.15) is 5.82 Å². The summed E-state index contributed by atoms with van der Waals surface area (Å²) in [5.74, 6) is -0.320. The molecule has 1 aromatic carbocycles. The lowest BCUT2D eigenvalue weighted by molar-refractivity contribution is 0.196. The van der Waals surface area contributed by atoms with Crippen molar-refractivity contribution >= 4 is 11.6 Å². The molecular formula is C15H16ClFN2O. The van der Waals surface area contributed by atoms with Crippen molar-refractivity contribution in [2.45, 2.75) is 11.8 Å². The van der Waals surface area contributed by atoms with Crippen molar-refractivity contribution < 1.29 is 9.50 Å². The third kappa shape index (κ3) is 2.98. The second kappa shape index (κ2) is 6.31. The molecule has 5 heteroatoms. The van der Waals surface area contributed by atoms with Gasteiger partial charge >= 0.3 is 0 Å². The smallest absolute Gasteiger partial charge is 0.123 e. The van der Waals surface area contributed by atoms with E-state index in [4.69, 9.17) is 17.3 Å². The normalized spacial score (nSPS) is 14.0. The van der Waals surface area contributed by atoms with E-state index >= 15 is 0 Å². The van der Waals surface area contributed by atoms with E-state index in [0.717, 1.165) is 11.1 Å². The summed E-state index contributed by atoms with van der Waals surface area (Å²) in [6.45, 7) is 0.0849. The lowest BCUT2D eigenvalue weighted by Crippen LogP contribution is -2.41. The van der Waals surface area contributed by atoms with E-state index < -0.39 is 5.41 Å². The molecule has 0 radical (unpaired) electrons. The highest BCUT2D eigenvalue weighted by Crippen LogP contribution is 2.30. The predicted octanol–water partition coefficient (Wildman–Crippen LogP) is 2.31. The number of aliphatic hydroxyl groups is 1. The van der Waals surface area contributed by atoms with Gasteiger partial charge in [-0.2, -0.15) is 0 Å². The predicted molar refractivity (Wildman–Crippen MR) is 77.2 cm³/mol. The molecule has 3 nitrogen and oxygen atoms in total. The van der Waals surface area contributed by atoms with Gasteiger partial charge in [-0.1, -0.05) is 23.7 Å². The number of hydrogen-bond acceptors (Lipinski definition) is 3. The highest BCUT2D eigenvalue weighted by molar-refractivity contribution is 6.31. The highest BCUT2D eigenvalue weighted by Gasteiger charge is 2.31. The SMILES string of the molecule is NCC(CO)(Cc1ccncc1Cl)c1ccc(F)cc1. The molecule has 0 saturated heterocycles. The maximum atomic E-state index is 13.1. The molecule has 1 unspecified atom stereocenters. The quantitative estimate of drug-likeness (QED) is 0.889. The average Bonchev–Trinajstić information content (AvgIpc) is 2.48. The van der Waals surface area contributed by atoms with Gasteiger partial charge < -0.3 is 10.8 Å². The molecule has 0 spiro atoms. The number of nitrogens with zero attached hydrogens (tertiary/aromatic N) is 1. The first kappa shape index (κ1) is 14.9. The molecule has 0 aliphatic heterocycles. The van der Waals surface area contributed by atoms with E-state index in [1.54, 1.807) is 30.6 Å². The number of halogens is 2. The van der Waals surface area contributed by atoms with Crippen LogP contribution in [0.1, 0.15) is 11.1 Å². The van der Waals surface area contributed by atoms with Crippen LogP contribution < -0.4 is 5.73 Å². The Bertz CT molecular complexity index is 570. The number of rotatable bonds is 5. The van der Waals surface area contributed by atoms with Crippen molar-refractivity contribution in [3.63, 3.8) is 0 Å². The molecule has 0 aliphatic rings. The Morgan fingerprint density at radius 3 is 2.50 bits per heavy atom. The number of benzene rings is 1. The monoisotopic (exact) mass is 294 g/mol. The topological polar surface area (TPSA) is 59.1 Å². The van der Waals surface area contributed by atoms with Gasteiger partial charge in [0.25, 0.3) is 0 Å². The number of pyridine rings is 1. The van der Waals surface area contributed by atoms with Crippen LogP contribution in [0.15, 0.2) is 42.7 Å². The van der Waals surface area contributed by atoms with Crippen molar-refractivity contribution in [1.29, 1.82) is 0 Å². The number of aromatic nitrogens is 1. The minimum absolute atomic E-state index is 0.145. The van der Waals surface area contributed by atoms with Gasteiger partial charge in [0, 0.05) is 24.4 Å². The van der Waals surface area contributed by atoms with Gasteiger partial charge in [-0.25, -0.2) is 4.39 Å². The van der Waals surface area contributed by atoms with Crippen LogP contribution >= 0.6 is 11.6 Å². The molecule has 1 heterocycles. The largest absolute Gasteiger partial charge is 0.395 e. The zero-order valence-corrected chi connectivity index (χ0v) is 11.6. The van der Waals surface area contributed by atoms with E-state index in [1.807, 2.05) is 0 Å². The molecule has 2 rings (SSSR count). The van der Waals surface area contributed by atoms with Crippen LogP contribution in [0.3, 0.4) is 0 Å². The van der Waals surface area contributed by atoms with Crippen molar-refractivity contribution in [3.8, 4) is 0 Å². The van der Waals surface area contributed by atoms with E-state index in [-0.39, 0.29) is 19.0 Å². The summed E-state index contributed by atoms with van der Waals surface area (Å²) in [5, 5.41) is 10.3. The van der Waals surface area contributed by atoms with Gasteiger partial charge in [0.2, 0.25) is 0 Å². The summed E-state index contributed by atoms with van der Waals surface area (Å²) in [6.07, 6.45) is 3.66. The summed E-state index contributed by atoms with van der Waals surface area (Å²) in [4.78, 5) is 3.94. The molecule has 0 fully saturated rings. The molecule has 0 amide bonds. The Morgan fingerprint density at radius 2 is 1.95 bits per heavy atom. The van der Waals surface area contributed by atoms with Crippen LogP contribution in [0, 0.1) is 5.82 Å². The van der Waals surface area contributed by atoms with Crippen LogP contribution in [0.2, 0.25) is 5.02 Å². The lowest BCUT2D eigenvalue weighted by Gasteiger charge is -2.31. The maximum Gasteiger partial charge on any atom is 0.123 e. The second-order valence-electron chi connectivity index (χ2n) is 4.79. The fraction of sp³-hybridized carbons (Fsp3) is 0.267. The summed E-state index contributed by atoms with van der Waals surface area (Å²) in [6, 6.07) is 7.82. The number of aliphatic hydroxyl groups excluding tert-OH is 1. The first-order valence-electron chi connectivity index (χ1n) is 6.27. The Hall–Kier alpha value is -1.49. The Labute approximate surface area is 122 Å². The Kier molecular flexibility index (Phi) is 4.70. The first-order valence-corrected chi connectivity index (χ1v) is 6.64. The van der Waals surface area contributed by atoms with E-state index in [1.165, 1.54) is 12.1 Å². The van der Waals surface area contributed by atoms with Crippen LogP contribution in [0.5, 0.6) is 0 Å². The molecular weight excluding hydrogens is 279 g/mol. The molecule has 1 aromatic heterocycles. The molecule has 2 aromatic rings. The third-order valence-corrected chi connectivity index (χ3v) is 3.88. The standard InChI is InChI=1S/C15H16ClFN2O/c16-14-8-19-6-5-11(14)7-15(9-18,10-20)12-1-3-13(17)4-2-12/h1-6,8,20H,7,9-10,18H2. The molecule has 0 bridgehead atoms. The van der Waals surface area contributed by atoms with E-state index in [9.17, 15) is 9.50 Å². The number of nitrogens with two attached hydrogens (primary N) is 1. The summed E-state index contributed by atoms with van der Waals surface area (Å²) >= 11 is 6.11. The van der Waals surface area contributed by atoms with Crippen LogP contribution in [-0.4, -0.2) is 23.2 Å². The zero-order valence-electron chi connectivity index (χ0n) is 10.9. The fourth-order valence-electron chi connectivity index (χ4n) is 2.22. The van der Waals surface area contributed by atoms with Crippen LogP contribution in [-0.2, 0) is 11.8 Å². The fourth-order valence-corrected chi connectivity index (χ4v) is 2.41. The molecule has 106 valence electrons. The zero-order chi connectivity index (χ0) is 14.6. The van der Waals surface area contributed by atoms with Gasteiger partial charge in [-0.15, -0.1) is 0 Å². The van der Waals surface area contributed by atoms with Crippen LogP contribution in [0.4, 0.5) is 4.39 Å². The number of hydrogen-bond donors (Lipinski definition) is 2. The second-order valence-corrected chi connectivity index (χ2v) is 5.20. The Morgan fingerprint density at radius 1 is 1.25 bits per heavy atom. The molecule has 1 atom stereocenters. The summed E-state index contributed by atoms with van der Waals surface area (Å²) in [7, 11) is 0. The molecule has 20 heavy (non-hydrogen) atoms. The van der Waals surface area contributed by atoms with Crippen molar-refractivity contribution in [2.75, 3.05) is 13.2 Å². The molecule has 3 N–H and O–H groups in total. The Balaban J connectivity index is 2.39. The first-order chi connectivity index (χ1) is 9.61. The van der Waals surface area contributed by atoms with Crippen molar-refractivity contribution in [1.82, 2.24) is 4.98 Å². The summed E-state index contributed by atoms with van der Waals surface area (Å²) < 4.78 is 13.1. The van der Waals surface area contributed by atoms with Crippen molar-refractivity contribution in [2.24, 2.45) is 5.73 Å². The summed E-state index contributed by atoms with van der Waals surface area (Å²) in [5.41, 5.74) is 6.83. The highest BCUT2D eigenvalue weighted by atomic mass is 35.5. The molecule has 0 saturated carbocycles. The van der Waals surface area contributed by atoms with Gasteiger partial charge in [-0.3, -0.25) is 4.98 Å². The van der Waals surface area contributed by atoms with Gasteiger partial charge in [0.05, 0.1) is 11.6 Å². The lowest BCUT2D eigenvalue weighted by atomic mass is 9.76. The van der Waals surface area contributed by atoms with Gasteiger partial charge in [0.15, 0.2) is 0 Å². The van der Waals surface area contributed by atoms with Crippen molar-refractivity contribution in [3.05, 3.63) is 64.7 Å². The molecule has 0 aliphatic carbocycles. The third-order valence-electron chi connectivity index (χ3n) is 3.54. The minimum atomic E-state index is -0.682.